The lowest BCUT2D eigenvalue weighted by atomic mass is 9.86. The van der Waals surface area contributed by atoms with Gasteiger partial charge in [-0.2, -0.15) is 5.10 Å². The van der Waals surface area contributed by atoms with Crippen molar-refractivity contribution in [3.8, 4) is 0 Å². The number of amides is 1. The second kappa shape index (κ2) is 5.45. The zero-order valence-electron chi connectivity index (χ0n) is 14.0. The molecular weight excluding hydrogens is 338 g/mol. The minimum Gasteiger partial charge on any atom is -0.385 e. The summed E-state index contributed by atoms with van der Waals surface area (Å²) in [5.41, 5.74) is 0.830. The highest BCUT2D eigenvalue weighted by Crippen LogP contribution is 2.60. The Morgan fingerprint density at radius 2 is 2.00 bits per heavy atom. The molecule has 25 heavy (non-hydrogen) atoms. The topological polar surface area (TPSA) is 78.0 Å². The van der Waals surface area contributed by atoms with Crippen molar-refractivity contribution in [2.75, 3.05) is 0 Å². The van der Waals surface area contributed by atoms with Gasteiger partial charge in [-0.05, 0) is 55.2 Å². The third-order valence-electron chi connectivity index (χ3n) is 6.54. The fourth-order valence-electron chi connectivity index (χ4n) is 5.17. The van der Waals surface area contributed by atoms with Gasteiger partial charge in [0.15, 0.2) is 0 Å². The van der Waals surface area contributed by atoms with Crippen molar-refractivity contribution in [1.29, 1.82) is 0 Å². The van der Waals surface area contributed by atoms with Crippen molar-refractivity contribution in [2.24, 2.45) is 17.8 Å². The number of nitrogens with one attached hydrogen (secondary N) is 2. The predicted octanol–water partition coefficient (Wildman–Crippen LogP) is 3.12. The van der Waals surface area contributed by atoms with E-state index in [0.29, 0.717) is 29.7 Å². The highest BCUT2D eigenvalue weighted by molar-refractivity contribution is 6.31. The number of halogens is 1. The van der Waals surface area contributed by atoms with Crippen LogP contribution in [-0.2, 0) is 10.4 Å². The monoisotopic (exact) mass is 359 g/mol. The molecule has 3 aliphatic carbocycles. The molecule has 3 aliphatic rings. The van der Waals surface area contributed by atoms with E-state index in [4.69, 9.17) is 11.6 Å². The molecule has 5 rings (SSSR count). The number of aromatic amines is 1. The van der Waals surface area contributed by atoms with E-state index >= 15 is 0 Å². The molecule has 0 unspecified atom stereocenters. The molecule has 1 amide bonds. The SMILES string of the molecule is O=C(N[C@@H]1[C@@H]2C[C@@](O)(c3cc(Cl)cc4[nH]ncc34)C[C@@H]21)C1CCCC1. The predicted molar refractivity (Wildman–Crippen MR) is 95.1 cm³/mol. The molecule has 1 aromatic heterocycles. The molecule has 1 heterocycles. The van der Waals surface area contributed by atoms with Crippen LogP contribution in [0.4, 0.5) is 0 Å². The molecule has 3 fully saturated rings. The molecule has 3 saturated carbocycles. The van der Waals surface area contributed by atoms with Crippen LogP contribution in [0.5, 0.6) is 0 Å². The Kier molecular flexibility index (Phi) is 3.41. The Labute approximate surface area is 151 Å². The lowest BCUT2D eigenvalue weighted by molar-refractivity contribution is -0.125. The maximum Gasteiger partial charge on any atom is 0.223 e. The van der Waals surface area contributed by atoms with Gasteiger partial charge in [0.1, 0.15) is 0 Å². The minimum atomic E-state index is -0.878. The molecular formula is C19H22ClN3O2. The summed E-state index contributed by atoms with van der Waals surface area (Å²) >= 11 is 6.22. The second-order valence-electron chi connectivity index (χ2n) is 8.07. The third-order valence-corrected chi connectivity index (χ3v) is 6.76. The number of aliphatic hydroxyl groups is 1. The van der Waals surface area contributed by atoms with E-state index < -0.39 is 5.60 Å². The van der Waals surface area contributed by atoms with Gasteiger partial charge in [0.25, 0.3) is 0 Å². The van der Waals surface area contributed by atoms with Crippen LogP contribution < -0.4 is 5.32 Å². The fraction of sp³-hybridized carbons (Fsp3) is 0.579. The number of rotatable bonds is 3. The summed E-state index contributed by atoms with van der Waals surface area (Å²) < 4.78 is 0. The number of fused-ring (bicyclic) bond motifs is 2. The summed E-state index contributed by atoms with van der Waals surface area (Å²) in [6, 6.07) is 3.93. The summed E-state index contributed by atoms with van der Waals surface area (Å²) in [6.07, 6.45) is 7.50. The minimum absolute atomic E-state index is 0.207. The Balaban J connectivity index is 1.32. The van der Waals surface area contributed by atoms with Gasteiger partial charge in [-0.1, -0.05) is 24.4 Å². The Morgan fingerprint density at radius 3 is 2.72 bits per heavy atom. The molecule has 3 N–H and O–H groups in total. The van der Waals surface area contributed by atoms with E-state index in [1.165, 1.54) is 12.8 Å². The number of H-pyrrole nitrogens is 1. The summed E-state index contributed by atoms with van der Waals surface area (Å²) in [6.45, 7) is 0. The van der Waals surface area contributed by atoms with Crippen LogP contribution in [0.25, 0.3) is 10.9 Å². The quantitative estimate of drug-likeness (QED) is 0.787. The van der Waals surface area contributed by atoms with Gasteiger partial charge in [0.05, 0.1) is 17.3 Å². The fourth-order valence-corrected chi connectivity index (χ4v) is 5.39. The second-order valence-corrected chi connectivity index (χ2v) is 8.50. The maximum absolute atomic E-state index is 12.3. The van der Waals surface area contributed by atoms with E-state index in [-0.39, 0.29) is 17.9 Å². The molecule has 0 radical (unpaired) electrons. The first-order valence-corrected chi connectivity index (χ1v) is 9.59. The van der Waals surface area contributed by atoms with E-state index in [2.05, 4.69) is 15.5 Å². The molecule has 0 spiro atoms. The summed E-state index contributed by atoms with van der Waals surface area (Å²) in [5.74, 6) is 1.17. The van der Waals surface area contributed by atoms with E-state index in [1.54, 1.807) is 6.20 Å². The summed E-state index contributed by atoms with van der Waals surface area (Å²) in [5, 5.41) is 23.0. The van der Waals surface area contributed by atoms with Gasteiger partial charge in [-0.3, -0.25) is 9.89 Å². The number of carbonyl (C=O) groups excluding carboxylic acids is 1. The van der Waals surface area contributed by atoms with Crippen LogP contribution in [0.2, 0.25) is 5.02 Å². The van der Waals surface area contributed by atoms with Crippen molar-refractivity contribution in [3.63, 3.8) is 0 Å². The Bertz CT molecular complexity index is 830. The average Bonchev–Trinajstić information content (AvgIpc) is 3.12. The van der Waals surface area contributed by atoms with Crippen LogP contribution >= 0.6 is 11.6 Å². The zero-order valence-corrected chi connectivity index (χ0v) is 14.7. The number of aromatic nitrogens is 2. The van der Waals surface area contributed by atoms with Crippen LogP contribution in [0.1, 0.15) is 44.1 Å². The van der Waals surface area contributed by atoms with Crippen molar-refractivity contribution in [3.05, 3.63) is 28.9 Å². The van der Waals surface area contributed by atoms with Gasteiger partial charge in [0, 0.05) is 22.4 Å². The molecule has 6 heteroatoms. The molecule has 5 nitrogen and oxygen atoms in total. The molecule has 4 atom stereocenters. The first-order valence-electron chi connectivity index (χ1n) is 9.21. The van der Waals surface area contributed by atoms with Crippen LogP contribution in [-0.4, -0.2) is 27.3 Å². The first-order chi connectivity index (χ1) is 12.0. The highest BCUT2D eigenvalue weighted by Gasteiger charge is 2.62. The number of carbonyl (C=O) groups is 1. The van der Waals surface area contributed by atoms with Crippen molar-refractivity contribution >= 4 is 28.4 Å². The molecule has 1 aromatic carbocycles. The van der Waals surface area contributed by atoms with Gasteiger partial charge in [-0.15, -0.1) is 0 Å². The summed E-state index contributed by atoms with van der Waals surface area (Å²) in [4.78, 5) is 12.3. The van der Waals surface area contributed by atoms with Gasteiger partial charge >= 0.3 is 0 Å². The number of benzene rings is 1. The van der Waals surface area contributed by atoms with E-state index in [1.807, 2.05) is 12.1 Å². The standard InChI is InChI=1S/C19H22ClN3O2/c20-11-5-15(14-9-21-23-16(14)6-11)19(25)7-12-13(8-19)17(12)22-18(24)10-3-1-2-4-10/h5-6,9-10,12-13,17,25H,1-4,7-8H2,(H,21,23)(H,22,24)/t12-,13+,17-,19+. The van der Waals surface area contributed by atoms with Crippen LogP contribution in [0.3, 0.4) is 0 Å². The lowest BCUT2D eigenvalue weighted by Crippen LogP contribution is -2.36. The maximum atomic E-state index is 12.3. The van der Waals surface area contributed by atoms with Crippen LogP contribution in [0.15, 0.2) is 18.3 Å². The smallest absolute Gasteiger partial charge is 0.223 e. The van der Waals surface area contributed by atoms with Gasteiger partial charge in [-0.25, -0.2) is 0 Å². The first kappa shape index (κ1) is 15.6. The van der Waals surface area contributed by atoms with Crippen molar-refractivity contribution in [2.45, 2.75) is 50.2 Å². The Morgan fingerprint density at radius 1 is 1.28 bits per heavy atom. The average molecular weight is 360 g/mol. The molecule has 0 aliphatic heterocycles. The molecule has 0 saturated heterocycles. The van der Waals surface area contributed by atoms with Gasteiger partial charge in [0.2, 0.25) is 5.91 Å². The largest absolute Gasteiger partial charge is 0.385 e. The molecule has 132 valence electrons. The highest BCUT2D eigenvalue weighted by atomic mass is 35.5. The van der Waals surface area contributed by atoms with Crippen molar-refractivity contribution in [1.82, 2.24) is 15.5 Å². The van der Waals surface area contributed by atoms with Crippen molar-refractivity contribution < 1.29 is 9.90 Å². The number of nitrogens with zero attached hydrogens (tertiary/aromatic N) is 1. The van der Waals surface area contributed by atoms with Crippen LogP contribution in [0, 0.1) is 17.8 Å². The summed E-state index contributed by atoms with van der Waals surface area (Å²) in [7, 11) is 0. The molecule has 2 aromatic rings. The van der Waals surface area contributed by atoms with E-state index in [0.717, 1.165) is 29.3 Å². The van der Waals surface area contributed by atoms with E-state index in [9.17, 15) is 9.90 Å². The lowest BCUT2D eigenvalue weighted by Gasteiger charge is -2.27. The van der Waals surface area contributed by atoms with Gasteiger partial charge < -0.3 is 10.4 Å². The Hall–Kier alpha value is -1.59. The normalized spacial score (nSPS) is 34.4. The number of hydrogen-bond acceptors (Lipinski definition) is 3. The zero-order chi connectivity index (χ0) is 17.2. The number of hydrogen-bond donors (Lipinski definition) is 3. The third kappa shape index (κ3) is 2.48. The molecule has 0 bridgehead atoms.